The zero-order valence-corrected chi connectivity index (χ0v) is 6.16. The van der Waals surface area contributed by atoms with E-state index in [-0.39, 0.29) is 0 Å². The molecule has 0 aromatic heterocycles. The molecule has 2 N–H and O–H groups in total. The number of ether oxygens (including phenoxy) is 1. The molecule has 3 heteroatoms. The van der Waals surface area contributed by atoms with Gasteiger partial charge >= 0.3 is 0 Å². The minimum Gasteiger partial charge on any atom is -0.399 e. The summed E-state index contributed by atoms with van der Waals surface area (Å²) >= 11 is 0. The number of hydrogen-bond acceptors (Lipinski definition) is 3. The summed E-state index contributed by atoms with van der Waals surface area (Å²) < 4.78 is 4.59. The van der Waals surface area contributed by atoms with E-state index in [0.29, 0.717) is 11.4 Å². The van der Waals surface area contributed by atoms with Gasteiger partial charge in [0.05, 0.1) is 0 Å². The monoisotopic (exact) mass is 148 g/mol. The summed E-state index contributed by atoms with van der Waals surface area (Å²) in [5, 5.41) is 8.18. The summed E-state index contributed by atoms with van der Waals surface area (Å²) in [6.45, 7) is 1.86. The molecule has 11 heavy (non-hydrogen) atoms. The molecule has 0 saturated heterocycles. The molecule has 0 aliphatic heterocycles. The van der Waals surface area contributed by atoms with Gasteiger partial charge in [-0.1, -0.05) is 0 Å². The molecule has 0 heterocycles. The third-order valence-corrected chi connectivity index (χ3v) is 1.40. The predicted molar refractivity (Wildman–Crippen MR) is 41.8 cm³/mol. The van der Waals surface area contributed by atoms with E-state index in [1.165, 1.54) is 0 Å². The molecular weight excluding hydrogens is 140 g/mol. The van der Waals surface area contributed by atoms with Crippen LogP contribution in [0.2, 0.25) is 0 Å². The standard InChI is InChI=1S/C8H8N2O/c1-6-4-7(11-5-9)2-3-8(6)10/h2-4H,10H2,1H3. The van der Waals surface area contributed by atoms with Crippen LogP contribution in [0.5, 0.6) is 5.75 Å². The Kier molecular flexibility index (Phi) is 1.98. The molecule has 0 bridgehead atoms. The fourth-order valence-corrected chi connectivity index (χ4v) is 0.764. The molecule has 56 valence electrons. The molecule has 0 fully saturated rings. The second-order valence-corrected chi connectivity index (χ2v) is 2.21. The van der Waals surface area contributed by atoms with E-state index < -0.39 is 0 Å². The molecule has 3 nitrogen and oxygen atoms in total. The van der Waals surface area contributed by atoms with Crippen LogP contribution in [-0.4, -0.2) is 0 Å². The number of benzene rings is 1. The second kappa shape index (κ2) is 2.93. The third kappa shape index (κ3) is 1.62. The van der Waals surface area contributed by atoms with Crippen molar-refractivity contribution >= 4 is 5.69 Å². The number of nitriles is 1. The molecule has 0 radical (unpaired) electrons. The first kappa shape index (κ1) is 7.42. The molecule has 1 aromatic rings. The number of rotatable bonds is 1. The van der Waals surface area contributed by atoms with E-state index in [1.54, 1.807) is 24.5 Å². The van der Waals surface area contributed by atoms with Crippen LogP contribution in [0.4, 0.5) is 5.69 Å². The van der Waals surface area contributed by atoms with Gasteiger partial charge in [0.2, 0.25) is 0 Å². The third-order valence-electron chi connectivity index (χ3n) is 1.40. The smallest absolute Gasteiger partial charge is 0.292 e. The lowest BCUT2D eigenvalue weighted by Crippen LogP contribution is -1.89. The van der Waals surface area contributed by atoms with Crippen molar-refractivity contribution in [3.63, 3.8) is 0 Å². The number of hydrogen-bond donors (Lipinski definition) is 1. The Morgan fingerprint density at radius 1 is 1.55 bits per heavy atom. The predicted octanol–water partition coefficient (Wildman–Crippen LogP) is 1.44. The van der Waals surface area contributed by atoms with E-state index in [1.807, 2.05) is 6.92 Å². The van der Waals surface area contributed by atoms with Crippen molar-refractivity contribution in [2.45, 2.75) is 6.92 Å². The Balaban J connectivity index is 2.98. The number of anilines is 1. The van der Waals surface area contributed by atoms with Crippen LogP contribution in [0.25, 0.3) is 0 Å². The molecule has 0 atom stereocenters. The van der Waals surface area contributed by atoms with Crippen molar-refractivity contribution in [3.05, 3.63) is 23.8 Å². The van der Waals surface area contributed by atoms with Crippen molar-refractivity contribution in [2.75, 3.05) is 5.73 Å². The highest BCUT2D eigenvalue weighted by atomic mass is 16.5. The summed E-state index contributed by atoms with van der Waals surface area (Å²) in [4.78, 5) is 0. The van der Waals surface area contributed by atoms with Gasteiger partial charge in [-0.3, -0.25) is 0 Å². The van der Waals surface area contributed by atoms with E-state index in [2.05, 4.69) is 4.74 Å². The molecule has 0 amide bonds. The molecule has 0 aliphatic rings. The minimum absolute atomic E-state index is 0.527. The van der Waals surface area contributed by atoms with Crippen LogP contribution in [0.15, 0.2) is 18.2 Å². The Morgan fingerprint density at radius 2 is 2.27 bits per heavy atom. The summed E-state index contributed by atoms with van der Waals surface area (Å²) in [7, 11) is 0. The highest BCUT2D eigenvalue weighted by molar-refractivity contribution is 5.49. The number of nitrogen functional groups attached to an aromatic ring is 1. The van der Waals surface area contributed by atoms with Crippen molar-refractivity contribution in [1.29, 1.82) is 5.26 Å². The van der Waals surface area contributed by atoms with Crippen molar-refractivity contribution in [2.24, 2.45) is 0 Å². The molecule has 0 saturated carbocycles. The van der Waals surface area contributed by atoms with Crippen LogP contribution in [0, 0.1) is 18.4 Å². The maximum atomic E-state index is 8.18. The van der Waals surface area contributed by atoms with Gasteiger partial charge in [-0.05, 0) is 30.7 Å². The first-order valence-corrected chi connectivity index (χ1v) is 3.16. The van der Waals surface area contributed by atoms with Gasteiger partial charge in [-0.15, -0.1) is 5.26 Å². The molecule has 1 aromatic carbocycles. The van der Waals surface area contributed by atoms with Crippen LogP contribution < -0.4 is 10.5 Å². The van der Waals surface area contributed by atoms with Crippen molar-refractivity contribution in [1.82, 2.24) is 0 Å². The fourth-order valence-electron chi connectivity index (χ4n) is 0.764. The largest absolute Gasteiger partial charge is 0.399 e. The van der Waals surface area contributed by atoms with Crippen LogP contribution in [0.1, 0.15) is 5.56 Å². The maximum Gasteiger partial charge on any atom is 0.292 e. The van der Waals surface area contributed by atoms with E-state index in [4.69, 9.17) is 11.0 Å². The Morgan fingerprint density at radius 3 is 2.82 bits per heavy atom. The molecule has 0 unspecified atom stereocenters. The average Bonchev–Trinajstić information content (AvgIpc) is 1.98. The Hall–Kier alpha value is -1.69. The van der Waals surface area contributed by atoms with Crippen molar-refractivity contribution < 1.29 is 4.74 Å². The lowest BCUT2D eigenvalue weighted by molar-refractivity contribution is 0.507. The van der Waals surface area contributed by atoms with E-state index in [9.17, 15) is 0 Å². The Bertz CT molecular complexity index is 301. The van der Waals surface area contributed by atoms with Crippen LogP contribution in [-0.2, 0) is 0 Å². The lowest BCUT2D eigenvalue weighted by Gasteiger charge is -2.00. The SMILES string of the molecule is Cc1cc(OC#N)ccc1N. The molecular formula is C8H8N2O. The Labute approximate surface area is 65.0 Å². The normalized spacial score (nSPS) is 8.73. The van der Waals surface area contributed by atoms with Gasteiger partial charge in [0.25, 0.3) is 6.26 Å². The topological polar surface area (TPSA) is 59.0 Å². The lowest BCUT2D eigenvalue weighted by atomic mass is 10.2. The van der Waals surface area contributed by atoms with Gasteiger partial charge in [0.15, 0.2) is 0 Å². The van der Waals surface area contributed by atoms with E-state index in [0.717, 1.165) is 5.56 Å². The summed E-state index contributed by atoms with van der Waals surface area (Å²) in [5.74, 6) is 0.527. The number of aryl methyl sites for hydroxylation is 1. The van der Waals surface area contributed by atoms with Crippen LogP contribution >= 0.6 is 0 Å². The van der Waals surface area contributed by atoms with E-state index >= 15 is 0 Å². The molecule has 1 rings (SSSR count). The van der Waals surface area contributed by atoms with Gasteiger partial charge < -0.3 is 10.5 Å². The number of nitrogens with two attached hydrogens (primary N) is 1. The quantitative estimate of drug-likeness (QED) is 0.484. The first-order valence-electron chi connectivity index (χ1n) is 3.16. The molecule has 0 spiro atoms. The summed E-state index contributed by atoms with van der Waals surface area (Å²) in [6, 6.07) is 5.09. The van der Waals surface area contributed by atoms with Gasteiger partial charge in [-0.2, -0.15) is 0 Å². The van der Waals surface area contributed by atoms with Crippen molar-refractivity contribution in [3.8, 4) is 12.0 Å². The van der Waals surface area contributed by atoms with Gasteiger partial charge in [0, 0.05) is 5.69 Å². The maximum absolute atomic E-state index is 8.18. The van der Waals surface area contributed by atoms with Gasteiger partial charge in [0.1, 0.15) is 5.75 Å². The zero-order chi connectivity index (χ0) is 8.27. The highest BCUT2D eigenvalue weighted by Gasteiger charge is 1.95. The summed E-state index contributed by atoms with van der Waals surface area (Å²) in [6.07, 6.45) is 1.59. The number of nitrogens with zero attached hydrogens (tertiary/aromatic N) is 1. The minimum atomic E-state index is 0.527. The fraction of sp³-hybridized carbons (Fsp3) is 0.125. The summed E-state index contributed by atoms with van der Waals surface area (Å²) in [5.41, 5.74) is 7.16. The van der Waals surface area contributed by atoms with Gasteiger partial charge in [-0.25, -0.2) is 0 Å². The first-order chi connectivity index (χ1) is 5.24. The zero-order valence-electron chi connectivity index (χ0n) is 6.16. The van der Waals surface area contributed by atoms with Crippen LogP contribution in [0.3, 0.4) is 0 Å². The highest BCUT2D eigenvalue weighted by Crippen LogP contribution is 2.17. The average molecular weight is 148 g/mol. The molecule has 0 aliphatic carbocycles. The second-order valence-electron chi connectivity index (χ2n) is 2.21.